The summed E-state index contributed by atoms with van der Waals surface area (Å²) in [6.07, 6.45) is 4.03. The molecule has 1 N–H and O–H groups in total. The number of nitrogens with zero attached hydrogens (tertiary/aromatic N) is 2. The summed E-state index contributed by atoms with van der Waals surface area (Å²) in [7, 11) is 0. The van der Waals surface area contributed by atoms with Gasteiger partial charge in [-0.2, -0.15) is 0 Å². The average molecular weight is 234 g/mol. The molecule has 0 atom stereocenters. The molecule has 4 heteroatoms. The van der Waals surface area contributed by atoms with Crippen molar-refractivity contribution < 1.29 is 9.94 Å². The fourth-order valence-electron chi connectivity index (χ4n) is 2.02. The number of benzene rings is 1. The zero-order valence-corrected chi connectivity index (χ0v) is 9.88. The molecule has 0 unspecified atom stereocenters. The monoisotopic (exact) mass is 234 g/mol. The Bertz CT molecular complexity index is 356. The van der Waals surface area contributed by atoms with Gasteiger partial charge < -0.3 is 9.94 Å². The number of ether oxygens (including phenoxy) is 1. The molecule has 0 aliphatic carbocycles. The Kier molecular flexibility index (Phi) is 4.38. The van der Waals surface area contributed by atoms with Crippen molar-refractivity contribution in [3.05, 3.63) is 29.8 Å². The molecule has 92 valence electrons. The van der Waals surface area contributed by atoms with Crippen LogP contribution in [0.3, 0.4) is 0 Å². The standard InChI is InChI=1S/C13H18N2O2/c16-14-11-12-3-5-13(6-4-12)17-10-9-15-7-1-2-8-15/h3-6,11,16H,1-2,7-10H2/b14-11-. The lowest BCUT2D eigenvalue weighted by Crippen LogP contribution is -2.25. The van der Waals surface area contributed by atoms with Gasteiger partial charge in [-0.1, -0.05) is 5.16 Å². The number of hydrogen-bond acceptors (Lipinski definition) is 4. The van der Waals surface area contributed by atoms with Crippen LogP contribution in [-0.4, -0.2) is 42.6 Å². The van der Waals surface area contributed by atoms with E-state index in [2.05, 4.69) is 10.1 Å². The van der Waals surface area contributed by atoms with Gasteiger partial charge in [0, 0.05) is 6.54 Å². The van der Waals surface area contributed by atoms with Gasteiger partial charge in [0.05, 0.1) is 6.21 Å². The molecule has 1 saturated heterocycles. The average Bonchev–Trinajstić information content (AvgIpc) is 2.85. The lowest BCUT2D eigenvalue weighted by atomic mass is 10.2. The van der Waals surface area contributed by atoms with Gasteiger partial charge in [0.1, 0.15) is 12.4 Å². The maximum absolute atomic E-state index is 8.38. The van der Waals surface area contributed by atoms with Crippen LogP contribution in [0.1, 0.15) is 18.4 Å². The normalized spacial score (nSPS) is 16.7. The molecule has 1 aliphatic heterocycles. The third kappa shape index (κ3) is 3.75. The molecule has 0 bridgehead atoms. The molecular formula is C13H18N2O2. The first-order valence-corrected chi connectivity index (χ1v) is 6.01. The van der Waals surface area contributed by atoms with E-state index >= 15 is 0 Å². The second kappa shape index (κ2) is 6.25. The van der Waals surface area contributed by atoms with E-state index in [1.165, 1.54) is 32.1 Å². The molecule has 1 aliphatic rings. The smallest absolute Gasteiger partial charge is 0.119 e. The molecule has 4 nitrogen and oxygen atoms in total. The highest BCUT2D eigenvalue weighted by molar-refractivity contribution is 5.79. The van der Waals surface area contributed by atoms with E-state index in [1.807, 2.05) is 24.3 Å². The van der Waals surface area contributed by atoms with Gasteiger partial charge in [-0.25, -0.2) is 0 Å². The summed E-state index contributed by atoms with van der Waals surface area (Å²) >= 11 is 0. The SMILES string of the molecule is O/N=C\c1ccc(OCCN2CCCC2)cc1. The minimum atomic E-state index is 0.730. The Labute approximate surface area is 101 Å². The van der Waals surface area contributed by atoms with E-state index in [9.17, 15) is 0 Å². The lowest BCUT2D eigenvalue weighted by Gasteiger charge is -2.14. The van der Waals surface area contributed by atoms with Crippen molar-refractivity contribution in [1.29, 1.82) is 0 Å². The van der Waals surface area contributed by atoms with Gasteiger partial charge in [-0.3, -0.25) is 4.90 Å². The molecule has 0 radical (unpaired) electrons. The van der Waals surface area contributed by atoms with Crippen LogP contribution in [0.2, 0.25) is 0 Å². The maximum Gasteiger partial charge on any atom is 0.119 e. The number of likely N-dealkylation sites (tertiary alicyclic amines) is 1. The third-order valence-corrected chi connectivity index (χ3v) is 2.96. The highest BCUT2D eigenvalue weighted by Gasteiger charge is 2.10. The van der Waals surface area contributed by atoms with Gasteiger partial charge in [0.25, 0.3) is 0 Å². The maximum atomic E-state index is 8.38. The van der Waals surface area contributed by atoms with Crippen molar-refractivity contribution in [3.63, 3.8) is 0 Å². The minimum Gasteiger partial charge on any atom is -0.492 e. The topological polar surface area (TPSA) is 45.1 Å². The van der Waals surface area contributed by atoms with E-state index in [1.54, 1.807) is 0 Å². The predicted octanol–water partition coefficient (Wildman–Crippen LogP) is 1.97. The Morgan fingerprint density at radius 3 is 2.59 bits per heavy atom. The zero-order chi connectivity index (χ0) is 11.9. The summed E-state index contributed by atoms with van der Waals surface area (Å²) in [5, 5.41) is 11.4. The summed E-state index contributed by atoms with van der Waals surface area (Å²) < 4.78 is 5.65. The van der Waals surface area contributed by atoms with Crippen LogP contribution in [0, 0.1) is 0 Å². The molecule has 1 aromatic carbocycles. The largest absolute Gasteiger partial charge is 0.492 e. The first kappa shape index (κ1) is 11.9. The second-order valence-electron chi connectivity index (χ2n) is 4.21. The third-order valence-electron chi connectivity index (χ3n) is 2.96. The Hall–Kier alpha value is -1.55. The molecule has 2 rings (SSSR count). The van der Waals surface area contributed by atoms with Crippen molar-refractivity contribution in [1.82, 2.24) is 4.90 Å². The van der Waals surface area contributed by atoms with E-state index in [4.69, 9.17) is 9.94 Å². The fraction of sp³-hybridized carbons (Fsp3) is 0.462. The van der Waals surface area contributed by atoms with E-state index in [0.29, 0.717) is 0 Å². The molecule has 1 aromatic rings. The Morgan fingerprint density at radius 1 is 1.24 bits per heavy atom. The highest BCUT2D eigenvalue weighted by Crippen LogP contribution is 2.12. The molecule has 1 fully saturated rings. The highest BCUT2D eigenvalue weighted by atomic mass is 16.5. The fourth-order valence-corrected chi connectivity index (χ4v) is 2.02. The first-order chi connectivity index (χ1) is 8.38. The van der Waals surface area contributed by atoms with Crippen LogP contribution >= 0.6 is 0 Å². The molecule has 0 aromatic heterocycles. The van der Waals surface area contributed by atoms with Gasteiger partial charge >= 0.3 is 0 Å². The van der Waals surface area contributed by atoms with Crippen LogP contribution < -0.4 is 4.74 Å². The zero-order valence-electron chi connectivity index (χ0n) is 9.88. The van der Waals surface area contributed by atoms with Gasteiger partial charge in [0.15, 0.2) is 0 Å². The summed E-state index contributed by atoms with van der Waals surface area (Å²) in [5.41, 5.74) is 0.861. The van der Waals surface area contributed by atoms with Gasteiger partial charge in [0.2, 0.25) is 0 Å². The van der Waals surface area contributed by atoms with Crippen molar-refractivity contribution in [3.8, 4) is 5.75 Å². The first-order valence-electron chi connectivity index (χ1n) is 6.01. The molecule has 0 spiro atoms. The van der Waals surface area contributed by atoms with Crippen molar-refractivity contribution in [2.45, 2.75) is 12.8 Å². The van der Waals surface area contributed by atoms with Crippen LogP contribution in [0.5, 0.6) is 5.75 Å². The summed E-state index contributed by atoms with van der Waals surface area (Å²) in [6.45, 7) is 4.14. The minimum absolute atomic E-state index is 0.730. The van der Waals surface area contributed by atoms with E-state index < -0.39 is 0 Å². The van der Waals surface area contributed by atoms with Crippen LogP contribution in [-0.2, 0) is 0 Å². The van der Waals surface area contributed by atoms with Crippen LogP contribution in [0.15, 0.2) is 29.4 Å². The summed E-state index contributed by atoms with van der Waals surface area (Å²) in [4.78, 5) is 2.42. The van der Waals surface area contributed by atoms with Gasteiger partial charge in [-0.05, 0) is 55.8 Å². The van der Waals surface area contributed by atoms with Crippen molar-refractivity contribution in [2.24, 2.45) is 5.16 Å². The van der Waals surface area contributed by atoms with Crippen LogP contribution in [0.4, 0.5) is 0 Å². The van der Waals surface area contributed by atoms with E-state index in [-0.39, 0.29) is 0 Å². The second-order valence-corrected chi connectivity index (χ2v) is 4.21. The quantitative estimate of drug-likeness (QED) is 0.481. The summed E-state index contributed by atoms with van der Waals surface area (Å²) in [5.74, 6) is 0.860. The van der Waals surface area contributed by atoms with E-state index in [0.717, 1.165) is 24.5 Å². The summed E-state index contributed by atoms with van der Waals surface area (Å²) in [6, 6.07) is 7.51. The van der Waals surface area contributed by atoms with Gasteiger partial charge in [-0.15, -0.1) is 0 Å². The Balaban J connectivity index is 1.74. The molecule has 0 amide bonds. The Morgan fingerprint density at radius 2 is 1.94 bits per heavy atom. The van der Waals surface area contributed by atoms with Crippen LogP contribution in [0.25, 0.3) is 0 Å². The number of hydrogen-bond donors (Lipinski definition) is 1. The lowest BCUT2D eigenvalue weighted by molar-refractivity contribution is 0.238. The predicted molar refractivity (Wildman–Crippen MR) is 67.0 cm³/mol. The number of oxime groups is 1. The van der Waals surface area contributed by atoms with Crippen molar-refractivity contribution in [2.75, 3.05) is 26.2 Å². The molecule has 17 heavy (non-hydrogen) atoms. The molecule has 0 saturated carbocycles. The molecular weight excluding hydrogens is 216 g/mol. The van der Waals surface area contributed by atoms with Crippen molar-refractivity contribution >= 4 is 6.21 Å². The number of rotatable bonds is 5. The molecule has 1 heterocycles.